The fraction of sp³-hybridized carbons (Fsp3) is 0.167. The Morgan fingerprint density at radius 2 is 2.12 bits per heavy atom. The summed E-state index contributed by atoms with van der Waals surface area (Å²) in [5, 5.41) is 6.28. The van der Waals surface area contributed by atoms with E-state index in [1.807, 2.05) is 41.1 Å². The van der Waals surface area contributed by atoms with Crippen molar-refractivity contribution in [3.8, 4) is 16.3 Å². The molecule has 0 saturated heterocycles. The molecule has 0 unspecified atom stereocenters. The van der Waals surface area contributed by atoms with E-state index in [4.69, 9.17) is 9.72 Å². The Morgan fingerprint density at radius 1 is 1.23 bits per heavy atom. The minimum absolute atomic E-state index is 0.00547. The van der Waals surface area contributed by atoms with Crippen LogP contribution in [-0.4, -0.2) is 21.6 Å². The highest BCUT2D eigenvalue weighted by molar-refractivity contribution is 7.98. The molecule has 0 aliphatic carbocycles. The van der Waals surface area contributed by atoms with Crippen molar-refractivity contribution in [2.24, 2.45) is 7.05 Å². The monoisotopic (exact) mass is 401 g/mol. The van der Waals surface area contributed by atoms with Gasteiger partial charge in [-0.2, -0.15) is 0 Å². The molecule has 0 fully saturated rings. The van der Waals surface area contributed by atoms with Gasteiger partial charge < -0.3 is 4.74 Å². The van der Waals surface area contributed by atoms with Crippen molar-refractivity contribution in [2.75, 3.05) is 7.11 Å². The van der Waals surface area contributed by atoms with E-state index < -0.39 is 0 Å². The number of methoxy groups -OCH3 is 1. The lowest BCUT2D eigenvalue weighted by atomic mass is 10.2. The predicted octanol–water partition coefficient (Wildman–Crippen LogP) is 4.42. The van der Waals surface area contributed by atoms with Gasteiger partial charge in [-0.05, 0) is 23.6 Å². The molecule has 0 atom stereocenters. The van der Waals surface area contributed by atoms with Gasteiger partial charge in [0, 0.05) is 23.7 Å². The topological polar surface area (TPSA) is 57.0 Å². The fourth-order valence-corrected chi connectivity index (χ4v) is 5.10. The van der Waals surface area contributed by atoms with Gasteiger partial charge in [0.05, 0.1) is 18.2 Å². The SMILES string of the molecule is COc1cccc(-c2nc(CSc3nc4sccc4c(=O)n3C)cs2)c1. The largest absolute Gasteiger partial charge is 0.497 e. The zero-order chi connectivity index (χ0) is 18.1. The molecule has 1 aromatic carbocycles. The zero-order valence-electron chi connectivity index (χ0n) is 14.1. The molecule has 0 saturated carbocycles. The molecule has 4 rings (SSSR count). The van der Waals surface area contributed by atoms with Crippen molar-refractivity contribution in [2.45, 2.75) is 10.9 Å². The summed E-state index contributed by atoms with van der Waals surface area (Å²) in [4.78, 5) is 22.5. The average Bonchev–Trinajstić information content (AvgIpc) is 3.33. The van der Waals surface area contributed by atoms with Crippen LogP contribution in [0.15, 0.2) is 51.0 Å². The van der Waals surface area contributed by atoms with Crippen molar-refractivity contribution in [3.05, 3.63) is 57.1 Å². The van der Waals surface area contributed by atoms with E-state index >= 15 is 0 Å². The van der Waals surface area contributed by atoms with Gasteiger partial charge >= 0.3 is 0 Å². The minimum atomic E-state index is -0.00547. The summed E-state index contributed by atoms with van der Waals surface area (Å²) in [7, 11) is 3.42. The quantitative estimate of drug-likeness (QED) is 0.366. The highest BCUT2D eigenvalue weighted by Crippen LogP contribution is 2.29. The lowest BCUT2D eigenvalue weighted by molar-refractivity contribution is 0.415. The Morgan fingerprint density at radius 3 is 2.96 bits per heavy atom. The van der Waals surface area contributed by atoms with E-state index in [9.17, 15) is 4.79 Å². The third-order valence-corrected chi connectivity index (χ3v) is 6.69. The highest BCUT2D eigenvalue weighted by Gasteiger charge is 2.11. The average molecular weight is 402 g/mol. The number of hydrogen-bond acceptors (Lipinski definition) is 7. The Bertz CT molecular complexity index is 1130. The third kappa shape index (κ3) is 3.27. The summed E-state index contributed by atoms with van der Waals surface area (Å²) in [6.45, 7) is 0. The first-order valence-corrected chi connectivity index (χ1v) is 10.6. The second kappa shape index (κ2) is 7.22. The third-order valence-electron chi connectivity index (χ3n) is 3.88. The summed E-state index contributed by atoms with van der Waals surface area (Å²) in [5.74, 6) is 1.48. The molecule has 0 aliphatic heterocycles. The van der Waals surface area contributed by atoms with E-state index in [0.717, 1.165) is 26.8 Å². The van der Waals surface area contributed by atoms with Gasteiger partial charge in [0.1, 0.15) is 15.6 Å². The molecule has 0 N–H and O–H groups in total. The molecule has 3 heterocycles. The van der Waals surface area contributed by atoms with Crippen LogP contribution in [0.1, 0.15) is 5.69 Å². The number of hydrogen-bond donors (Lipinski definition) is 0. The molecular weight excluding hydrogens is 386 g/mol. The molecule has 3 aromatic heterocycles. The van der Waals surface area contributed by atoms with Crippen LogP contribution in [0.2, 0.25) is 0 Å². The molecule has 5 nitrogen and oxygen atoms in total. The standard InChI is InChI=1S/C18H15N3O2S3/c1-21-17(22)14-6-7-24-16(14)20-18(21)26-10-12-9-25-15(19-12)11-4-3-5-13(8-11)23-2/h3-9H,10H2,1-2H3. The molecular formula is C18H15N3O2S3. The molecule has 0 spiro atoms. The van der Waals surface area contributed by atoms with Crippen LogP contribution in [0.25, 0.3) is 20.8 Å². The predicted molar refractivity (Wildman–Crippen MR) is 109 cm³/mol. The van der Waals surface area contributed by atoms with Gasteiger partial charge in [-0.25, -0.2) is 9.97 Å². The van der Waals surface area contributed by atoms with E-state index in [2.05, 4.69) is 4.98 Å². The first kappa shape index (κ1) is 17.3. The van der Waals surface area contributed by atoms with E-state index in [-0.39, 0.29) is 5.56 Å². The van der Waals surface area contributed by atoms with Crippen molar-refractivity contribution in [1.29, 1.82) is 0 Å². The zero-order valence-corrected chi connectivity index (χ0v) is 16.6. The van der Waals surface area contributed by atoms with Gasteiger partial charge in [0.25, 0.3) is 5.56 Å². The van der Waals surface area contributed by atoms with Gasteiger partial charge in [-0.15, -0.1) is 22.7 Å². The van der Waals surface area contributed by atoms with E-state index in [0.29, 0.717) is 16.3 Å². The molecule has 0 amide bonds. The molecule has 8 heteroatoms. The first-order chi connectivity index (χ1) is 12.7. The lowest BCUT2D eigenvalue weighted by Gasteiger charge is -2.05. The van der Waals surface area contributed by atoms with E-state index in [1.165, 1.54) is 23.1 Å². The van der Waals surface area contributed by atoms with Crippen LogP contribution in [0.5, 0.6) is 5.75 Å². The Labute approximate surface area is 162 Å². The number of thioether (sulfide) groups is 1. The van der Waals surface area contributed by atoms with Gasteiger partial charge in [-0.1, -0.05) is 23.9 Å². The Kier molecular flexibility index (Phi) is 4.80. The molecule has 132 valence electrons. The number of fused-ring (bicyclic) bond motifs is 1. The molecule has 0 aliphatic rings. The molecule has 0 radical (unpaired) electrons. The van der Waals surface area contributed by atoms with Gasteiger partial charge in [0.2, 0.25) is 0 Å². The highest BCUT2D eigenvalue weighted by atomic mass is 32.2. The first-order valence-electron chi connectivity index (χ1n) is 7.81. The molecule has 0 bridgehead atoms. The Hall–Kier alpha value is -2.16. The maximum absolute atomic E-state index is 12.4. The van der Waals surface area contributed by atoms with Gasteiger partial charge in [-0.3, -0.25) is 9.36 Å². The summed E-state index contributed by atoms with van der Waals surface area (Å²) in [6, 6.07) is 9.70. The maximum Gasteiger partial charge on any atom is 0.262 e. The number of ether oxygens (including phenoxy) is 1. The van der Waals surface area contributed by atoms with E-state index in [1.54, 1.807) is 30.1 Å². The fourth-order valence-electron chi connectivity index (χ4n) is 2.51. The van der Waals surface area contributed by atoms with Crippen LogP contribution in [0.4, 0.5) is 0 Å². The molecule has 26 heavy (non-hydrogen) atoms. The van der Waals surface area contributed by atoms with Crippen molar-refractivity contribution >= 4 is 44.7 Å². The number of benzene rings is 1. The minimum Gasteiger partial charge on any atom is -0.497 e. The van der Waals surface area contributed by atoms with Gasteiger partial charge in [0.15, 0.2) is 5.16 Å². The van der Waals surface area contributed by atoms with Crippen LogP contribution >= 0.6 is 34.4 Å². The summed E-state index contributed by atoms with van der Waals surface area (Å²) >= 11 is 4.62. The molecule has 4 aromatic rings. The Balaban J connectivity index is 1.55. The maximum atomic E-state index is 12.4. The van der Waals surface area contributed by atoms with Crippen molar-refractivity contribution < 1.29 is 4.74 Å². The summed E-state index contributed by atoms with van der Waals surface area (Å²) in [5.41, 5.74) is 2.00. The second-order valence-corrected chi connectivity index (χ2v) is 8.26. The second-order valence-electron chi connectivity index (χ2n) is 5.56. The number of nitrogens with zero attached hydrogens (tertiary/aromatic N) is 3. The van der Waals surface area contributed by atoms with Crippen LogP contribution in [-0.2, 0) is 12.8 Å². The summed E-state index contributed by atoms with van der Waals surface area (Å²) < 4.78 is 6.88. The number of thiophene rings is 1. The van der Waals surface area contributed by atoms with Crippen LogP contribution < -0.4 is 10.3 Å². The summed E-state index contributed by atoms with van der Waals surface area (Å²) in [6.07, 6.45) is 0. The normalized spacial score (nSPS) is 11.2. The number of rotatable bonds is 5. The van der Waals surface area contributed by atoms with Crippen LogP contribution in [0, 0.1) is 0 Å². The number of aromatic nitrogens is 3. The van der Waals surface area contributed by atoms with Crippen LogP contribution in [0.3, 0.4) is 0 Å². The van der Waals surface area contributed by atoms with Crippen molar-refractivity contribution in [3.63, 3.8) is 0 Å². The smallest absolute Gasteiger partial charge is 0.262 e. The van der Waals surface area contributed by atoms with Crippen molar-refractivity contribution in [1.82, 2.24) is 14.5 Å². The number of thiazole rings is 1. The lowest BCUT2D eigenvalue weighted by Crippen LogP contribution is -2.19.